The molecule has 0 bridgehead atoms. The third kappa shape index (κ3) is 4.78. The van der Waals surface area contributed by atoms with E-state index in [1.54, 1.807) is 18.2 Å². The highest BCUT2D eigenvalue weighted by Crippen LogP contribution is 2.41. The molecule has 0 aliphatic carbocycles. The quantitative estimate of drug-likeness (QED) is 0.253. The van der Waals surface area contributed by atoms with E-state index in [1.165, 1.54) is 29.5 Å². The van der Waals surface area contributed by atoms with Crippen molar-refractivity contribution >= 4 is 28.1 Å². The lowest BCUT2D eigenvalue weighted by Crippen LogP contribution is -2.37. The summed E-state index contributed by atoms with van der Waals surface area (Å²) in [5.41, 5.74) is 3.29. The molecule has 2 atom stereocenters. The zero-order valence-corrected chi connectivity index (χ0v) is 20.6. The Morgan fingerprint density at radius 2 is 1.83 bits per heavy atom. The minimum Gasteiger partial charge on any atom is -0.483 e. The Kier molecular flexibility index (Phi) is 6.90. The number of carbonyl (C=O) groups excluding carboxylic acids is 1. The van der Waals surface area contributed by atoms with Crippen molar-refractivity contribution in [1.82, 2.24) is 0 Å². The summed E-state index contributed by atoms with van der Waals surface area (Å²) in [6, 6.07) is 27.2. The second-order valence-corrected chi connectivity index (χ2v) is 9.38. The van der Waals surface area contributed by atoms with Crippen LogP contribution < -0.4 is 9.64 Å². The third-order valence-electron chi connectivity index (χ3n) is 7.00. The van der Waals surface area contributed by atoms with Crippen LogP contribution in [0.25, 0.3) is 10.8 Å². The van der Waals surface area contributed by atoms with Crippen LogP contribution in [0.1, 0.15) is 48.0 Å². The Labute approximate surface area is 211 Å². The maximum absolute atomic E-state index is 14.8. The number of hydrogen-bond acceptors (Lipinski definition) is 4. The van der Waals surface area contributed by atoms with Gasteiger partial charge in [0.1, 0.15) is 6.10 Å². The first-order chi connectivity index (χ1) is 17.5. The topological polar surface area (TPSA) is 38.8 Å². The maximum Gasteiger partial charge on any atom is 0.337 e. The van der Waals surface area contributed by atoms with E-state index < -0.39 is 5.97 Å². The Balaban J connectivity index is 1.33. The number of esters is 1. The Morgan fingerprint density at radius 1 is 1.06 bits per heavy atom. The van der Waals surface area contributed by atoms with Crippen LogP contribution in [0.3, 0.4) is 0 Å². The summed E-state index contributed by atoms with van der Waals surface area (Å²) in [7, 11) is 1.36. The van der Waals surface area contributed by atoms with Crippen LogP contribution in [0.2, 0.25) is 0 Å². The van der Waals surface area contributed by atoms with Crippen LogP contribution in [-0.2, 0) is 4.74 Å². The first-order valence-corrected chi connectivity index (χ1v) is 12.4. The number of hydrogen-bond donors (Lipinski definition) is 0. The number of rotatable bonds is 7. The van der Waals surface area contributed by atoms with Crippen molar-refractivity contribution in [3.05, 3.63) is 102 Å². The van der Waals surface area contributed by atoms with Crippen molar-refractivity contribution in [3.63, 3.8) is 0 Å². The van der Waals surface area contributed by atoms with E-state index in [0.29, 0.717) is 23.7 Å². The minimum atomic E-state index is -0.399. The summed E-state index contributed by atoms with van der Waals surface area (Å²) in [6.07, 6.45) is 2.59. The highest BCUT2D eigenvalue weighted by molar-refractivity contribution is 5.91. The number of methoxy groups -OCH3 is 1. The molecule has 1 aliphatic rings. The summed E-state index contributed by atoms with van der Waals surface area (Å²) in [6.45, 7) is 2.84. The van der Waals surface area contributed by atoms with Crippen LogP contribution in [-0.4, -0.2) is 25.7 Å². The maximum atomic E-state index is 14.8. The second kappa shape index (κ2) is 10.4. The van der Waals surface area contributed by atoms with Crippen LogP contribution in [0.5, 0.6) is 5.75 Å². The van der Waals surface area contributed by atoms with Crippen molar-refractivity contribution in [2.45, 2.75) is 38.2 Å². The molecule has 4 aromatic rings. The van der Waals surface area contributed by atoms with E-state index in [2.05, 4.69) is 49.4 Å². The lowest BCUT2D eigenvalue weighted by atomic mass is 9.90. The molecular formula is C31H30FNO3. The van der Waals surface area contributed by atoms with Crippen molar-refractivity contribution in [3.8, 4) is 5.75 Å². The Hall–Kier alpha value is -3.86. The summed E-state index contributed by atoms with van der Waals surface area (Å²) in [5.74, 6) is -0.116. The fourth-order valence-electron chi connectivity index (χ4n) is 5.13. The molecule has 184 valence electrons. The first-order valence-electron chi connectivity index (χ1n) is 12.4. The normalized spacial score (nSPS) is 15.8. The summed E-state index contributed by atoms with van der Waals surface area (Å²) in [5, 5.41) is 2.56. The average molecular weight is 484 g/mol. The van der Waals surface area contributed by atoms with Crippen molar-refractivity contribution in [2.75, 3.05) is 18.6 Å². The molecule has 0 aromatic heterocycles. The van der Waals surface area contributed by atoms with Crippen molar-refractivity contribution in [1.29, 1.82) is 0 Å². The van der Waals surface area contributed by atoms with Gasteiger partial charge in [0, 0.05) is 5.69 Å². The van der Waals surface area contributed by atoms with Gasteiger partial charge in [-0.15, -0.1) is 0 Å². The van der Waals surface area contributed by atoms with E-state index in [0.717, 1.165) is 24.9 Å². The minimum absolute atomic E-state index is 0.170. The molecule has 0 fully saturated rings. The molecule has 0 radical (unpaired) electrons. The molecule has 4 aromatic carbocycles. The van der Waals surface area contributed by atoms with E-state index in [1.807, 2.05) is 23.1 Å². The van der Waals surface area contributed by atoms with Gasteiger partial charge in [0.15, 0.2) is 11.6 Å². The zero-order chi connectivity index (χ0) is 25.1. The van der Waals surface area contributed by atoms with Gasteiger partial charge in [-0.25, -0.2) is 9.18 Å². The molecule has 36 heavy (non-hydrogen) atoms. The molecule has 1 aliphatic heterocycles. The molecule has 0 saturated heterocycles. The van der Waals surface area contributed by atoms with E-state index in [-0.39, 0.29) is 17.7 Å². The van der Waals surface area contributed by atoms with Gasteiger partial charge in [0.2, 0.25) is 0 Å². The van der Waals surface area contributed by atoms with Crippen LogP contribution in [0.15, 0.2) is 84.9 Å². The zero-order valence-electron chi connectivity index (χ0n) is 20.6. The van der Waals surface area contributed by atoms with Gasteiger partial charge in [-0.05, 0) is 71.8 Å². The summed E-state index contributed by atoms with van der Waals surface area (Å²) < 4.78 is 25.8. The van der Waals surface area contributed by atoms with Crippen molar-refractivity contribution < 1.29 is 18.7 Å². The standard InChI is InChI=1S/C31H30FNO3/c1-21(26-16-7-11-22-10-3-4-15-27(22)26)9-5-14-25-20-33(29-18-8-17-28(32)30(29)36-25)24-13-6-12-23(19-24)31(34)35-2/h3-4,6-8,10-13,15-19,21,25H,5,9,14,20H2,1-2H3/t21-,25?/m0/s1. The van der Waals surface area contributed by atoms with Gasteiger partial charge in [-0.3, -0.25) is 0 Å². The molecule has 5 rings (SSSR count). The van der Waals surface area contributed by atoms with Gasteiger partial charge in [-0.1, -0.05) is 61.5 Å². The molecule has 0 spiro atoms. The van der Waals surface area contributed by atoms with Crippen LogP contribution in [0.4, 0.5) is 15.8 Å². The number of anilines is 2. The number of para-hydroxylation sites is 1. The number of benzene rings is 4. The molecule has 5 heteroatoms. The molecule has 0 amide bonds. The molecule has 4 nitrogen and oxygen atoms in total. The molecule has 0 saturated carbocycles. The largest absolute Gasteiger partial charge is 0.483 e. The van der Waals surface area contributed by atoms with E-state index in [9.17, 15) is 9.18 Å². The highest BCUT2D eigenvalue weighted by atomic mass is 19.1. The predicted molar refractivity (Wildman–Crippen MR) is 142 cm³/mol. The van der Waals surface area contributed by atoms with Crippen molar-refractivity contribution in [2.24, 2.45) is 0 Å². The fourth-order valence-corrected chi connectivity index (χ4v) is 5.13. The van der Waals surface area contributed by atoms with Gasteiger partial charge in [-0.2, -0.15) is 0 Å². The molecule has 1 unspecified atom stereocenters. The van der Waals surface area contributed by atoms with Crippen LogP contribution >= 0.6 is 0 Å². The number of nitrogens with zero attached hydrogens (tertiary/aromatic N) is 1. The highest BCUT2D eigenvalue weighted by Gasteiger charge is 2.29. The van der Waals surface area contributed by atoms with Gasteiger partial charge in [0.25, 0.3) is 0 Å². The Bertz CT molecular complexity index is 1380. The van der Waals surface area contributed by atoms with E-state index >= 15 is 0 Å². The number of carbonyl (C=O) groups is 1. The average Bonchev–Trinajstić information content (AvgIpc) is 2.92. The molecule has 1 heterocycles. The van der Waals surface area contributed by atoms with E-state index in [4.69, 9.17) is 9.47 Å². The summed E-state index contributed by atoms with van der Waals surface area (Å²) >= 11 is 0. The van der Waals surface area contributed by atoms with Gasteiger partial charge < -0.3 is 14.4 Å². The first kappa shape index (κ1) is 23.9. The second-order valence-electron chi connectivity index (χ2n) is 9.38. The number of halogens is 1. The number of ether oxygens (including phenoxy) is 2. The molecular weight excluding hydrogens is 453 g/mol. The number of fused-ring (bicyclic) bond motifs is 2. The predicted octanol–water partition coefficient (Wildman–Crippen LogP) is 7.64. The smallest absolute Gasteiger partial charge is 0.337 e. The third-order valence-corrected chi connectivity index (χ3v) is 7.00. The van der Waals surface area contributed by atoms with Gasteiger partial charge in [0.05, 0.1) is 24.9 Å². The van der Waals surface area contributed by atoms with Gasteiger partial charge >= 0.3 is 5.97 Å². The monoisotopic (exact) mass is 483 g/mol. The molecule has 0 N–H and O–H groups in total. The summed E-state index contributed by atoms with van der Waals surface area (Å²) in [4.78, 5) is 14.1. The Morgan fingerprint density at radius 3 is 2.69 bits per heavy atom. The fraction of sp³-hybridized carbons (Fsp3) is 0.258. The van der Waals surface area contributed by atoms with Crippen LogP contribution in [0, 0.1) is 5.82 Å². The lowest BCUT2D eigenvalue weighted by Gasteiger charge is -2.36. The SMILES string of the molecule is COC(=O)c1cccc(N2CC(CCC[C@H](C)c3cccc4ccccc34)Oc3c(F)cccc32)c1. The lowest BCUT2D eigenvalue weighted by molar-refractivity contribution is 0.0600.